The van der Waals surface area contributed by atoms with E-state index in [4.69, 9.17) is 0 Å². The van der Waals surface area contributed by atoms with Crippen molar-refractivity contribution in [2.75, 3.05) is 13.1 Å². The van der Waals surface area contributed by atoms with E-state index in [-0.39, 0.29) is 5.60 Å². The maximum atomic E-state index is 10.2. The van der Waals surface area contributed by atoms with Crippen molar-refractivity contribution in [3.63, 3.8) is 0 Å². The summed E-state index contributed by atoms with van der Waals surface area (Å²) in [6.45, 7) is 2.05. The van der Waals surface area contributed by atoms with Gasteiger partial charge in [0.15, 0.2) is 0 Å². The lowest BCUT2D eigenvalue weighted by Gasteiger charge is -2.43. The molecule has 1 saturated heterocycles. The number of hydrogen-bond acceptors (Lipinski definition) is 2. The van der Waals surface area contributed by atoms with Crippen LogP contribution in [0.2, 0.25) is 0 Å². The van der Waals surface area contributed by atoms with Crippen LogP contribution in [0.25, 0.3) is 0 Å². The first-order valence-electron chi connectivity index (χ1n) is 4.74. The van der Waals surface area contributed by atoms with E-state index in [1.54, 1.807) is 0 Å². The van der Waals surface area contributed by atoms with Gasteiger partial charge in [0.1, 0.15) is 0 Å². The number of nitrogens with one attached hydrogen (secondary N) is 1. The van der Waals surface area contributed by atoms with Gasteiger partial charge in [-0.1, -0.05) is 12.8 Å². The summed E-state index contributed by atoms with van der Waals surface area (Å²) in [6, 6.07) is 0. The molecule has 0 spiro atoms. The normalized spacial score (nSPS) is 45.0. The molecule has 0 aromatic carbocycles. The third kappa shape index (κ3) is 1.30. The molecule has 2 rings (SSSR count). The molecule has 2 unspecified atom stereocenters. The Labute approximate surface area is 68.0 Å². The lowest BCUT2D eigenvalue weighted by atomic mass is 9.72. The van der Waals surface area contributed by atoms with Crippen molar-refractivity contribution >= 4 is 0 Å². The van der Waals surface area contributed by atoms with Crippen molar-refractivity contribution in [3.8, 4) is 0 Å². The van der Waals surface area contributed by atoms with Crippen molar-refractivity contribution in [3.05, 3.63) is 0 Å². The van der Waals surface area contributed by atoms with Crippen LogP contribution < -0.4 is 5.32 Å². The Hall–Kier alpha value is -0.0800. The molecule has 2 N–H and O–H groups in total. The van der Waals surface area contributed by atoms with Crippen LogP contribution in [0.15, 0.2) is 0 Å². The third-order valence-electron chi connectivity index (χ3n) is 3.30. The number of hydrogen-bond donors (Lipinski definition) is 2. The standard InChI is InChI=1S/C9H17NO/c11-9-4-2-1-3-8(9)7-10-6-5-9/h8,10-11H,1-7H2. The van der Waals surface area contributed by atoms with Crippen molar-refractivity contribution in [2.24, 2.45) is 5.92 Å². The van der Waals surface area contributed by atoms with Gasteiger partial charge in [0.05, 0.1) is 5.60 Å². The number of piperidine rings is 1. The molecule has 1 aliphatic heterocycles. The van der Waals surface area contributed by atoms with Gasteiger partial charge in [0.2, 0.25) is 0 Å². The van der Waals surface area contributed by atoms with Crippen LogP contribution in [-0.4, -0.2) is 23.8 Å². The fraction of sp³-hybridized carbons (Fsp3) is 1.00. The molecular formula is C9H17NO. The zero-order valence-electron chi connectivity index (χ0n) is 6.97. The quantitative estimate of drug-likeness (QED) is 0.545. The molecule has 0 aromatic rings. The van der Waals surface area contributed by atoms with Crippen LogP contribution in [0.4, 0.5) is 0 Å². The Kier molecular flexibility index (Phi) is 1.90. The molecule has 0 bridgehead atoms. The van der Waals surface area contributed by atoms with Gasteiger partial charge in [-0.05, 0) is 25.8 Å². The molecule has 1 heterocycles. The predicted octanol–water partition coefficient (Wildman–Crippen LogP) is 0.901. The highest BCUT2D eigenvalue weighted by Gasteiger charge is 2.39. The van der Waals surface area contributed by atoms with Crippen LogP contribution >= 0.6 is 0 Å². The zero-order chi connectivity index (χ0) is 7.73. The summed E-state index contributed by atoms with van der Waals surface area (Å²) >= 11 is 0. The molecular weight excluding hydrogens is 138 g/mol. The van der Waals surface area contributed by atoms with E-state index in [0.29, 0.717) is 5.92 Å². The van der Waals surface area contributed by atoms with E-state index in [1.165, 1.54) is 19.3 Å². The van der Waals surface area contributed by atoms with Gasteiger partial charge in [-0.3, -0.25) is 0 Å². The van der Waals surface area contributed by atoms with Gasteiger partial charge in [0, 0.05) is 12.5 Å². The Morgan fingerprint density at radius 3 is 3.00 bits per heavy atom. The zero-order valence-corrected chi connectivity index (χ0v) is 6.97. The smallest absolute Gasteiger partial charge is 0.0700 e. The van der Waals surface area contributed by atoms with Gasteiger partial charge in [-0.15, -0.1) is 0 Å². The molecule has 0 amide bonds. The topological polar surface area (TPSA) is 32.3 Å². The fourth-order valence-electron chi connectivity index (χ4n) is 2.50. The van der Waals surface area contributed by atoms with Crippen LogP contribution in [0.1, 0.15) is 32.1 Å². The van der Waals surface area contributed by atoms with Crippen LogP contribution in [-0.2, 0) is 0 Å². The van der Waals surface area contributed by atoms with Crippen LogP contribution in [0.3, 0.4) is 0 Å². The van der Waals surface area contributed by atoms with E-state index in [1.807, 2.05) is 0 Å². The molecule has 11 heavy (non-hydrogen) atoms. The summed E-state index contributed by atoms with van der Waals surface area (Å²) in [7, 11) is 0. The first kappa shape index (κ1) is 7.56. The van der Waals surface area contributed by atoms with Gasteiger partial charge < -0.3 is 10.4 Å². The van der Waals surface area contributed by atoms with E-state index in [2.05, 4.69) is 5.32 Å². The molecule has 1 aliphatic carbocycles. The van der Waals surface area contributed by atoms with Crippen LogP contribution in [0.5, 0.6) is 0 Å². The predicted molar refractivity (Wildman–Crippen MR) is 44.4 cm³/mol. The molecule has 2 heteroatoms. The van der Waals surface area contributed by atoms with Crippen molar-refractivity contribution in [2.45, 2.75) is 37.7 Å². The maximum Gasteiger partial charge on any atom is 0.0700 e. The minimum Gasteiger partial charge on any atom is -0.390 e. The van der Waals surface area contributed by atoms with E-state index in [9.17, 15) is 5.11 Å². The van der Waals surface area contributed by atoms with E-state index < -0.39 is 0 Å². The molecule has 2 fully saturated rings. The minimum atomic E-state index is -0.288. The average molecular weight is 155 g/mol. The minimum absolute atomic E-state index is 0.288. The first-order chi connectivity index (χ1) is 5.31. The second kappa shape index (κ2) is 2.76. The summed E-state index contributed by atoms with van der Waals surface area (Å²) in [4.78, 5) is 0. The summed E-state index contributed by atoms with van der Waals surface area (Å²) in [6.07, 6.45) is 5.78. The van der Waals surface area contributed by atoms with E-state index >= 15 is 0 Å². The van der Waals surface area contributed by atoms with Gasteiger partial charge in [-0.25, -0.2) is 0 Å². The molecule has 0 radical (unpaired) electrons. The highest BCUT2D eigenvalue weighted by Crippen LogP contribution is 2.37. The molecule has 2 aliphatic rings. The second-order valence-electron chi connectivity index (χ2n) is 4.00. The van der Waals surface area contributed by atoms with Crippen molar-refractivity contribution < 1.29 is 5.11 Å². The lowest BCUT2D eigenvalue weighted by molar-refractivity contribution is -0.0671. The SMILES string of the molecule is OC12CCCCC1CNCC2. The van der Waals surface area contributed by atoms with Gasteiger partial charge >= 0.3 is 0 Å². The van der Waals surface area contributed by atoms with Gasteiger partial charge in [-0.2, -0.15) is 0 Å². The number of rotatable bonds is 0. The average Bonchev–Trinajstić information content (AvgIpc) is 2.03. The Morgan fingerprint density at radius 2 is 2.18 bits per heavy atom. The summed E-state index contributed by atoms with van der Waals surface area (Å²) in [5.41, 5.74) is -0.288. The first-order valence-corrected chi connectivity index (χ1v) is 4.74. The Morgan fingerprint density at radius 1 is 1.27 bits per heavy atom. The third-order valence-corrected chi connectivity index (χ3v) is 3.30. The number of fused-ring (bicyclic) bond motifs is 1. The molecule has 1 saturated carbocycles. The van der Waals surface area contributed by atoms with Crippen molar-refractivity contribution in [1.82, 2.24) is 5.32 Å². The summed E-state index contributed by atoms with van der Waals surface area (Å²) in [5, 5.41) is 13.5. The van der Waals surface area contributed by atoms with Crippen LogP contribution in [0, 0.1) is 5.92 Å². The molecule has 2 atom stereocenters. The number of aliphatic hydroxyl groups is 1. The van der Waals surface area contributed by atoms with Crippen molar-refractivity contribution in [1.29, 1.82) is 0 Å². The largest absolute Gasteiger partial charge is 0.390 e. The van der Waals surface area contributed by atoms with Gasteiger partial charge in [0.25, 0.3) is 0 Å². The fourth-order valence-corrected chi connectivity index (χ4v) is 2.50. The Balaban J connectivity index is 2.06. The molecule has 64 valence electrons. The molecule has 2 nitrogen and oxygen atoms in total. The summed E-state index contributed by atoms with van der Waals surface area (Å²) in [5.74, 6) is 0.546. The maximum absolute atomic E-state index is 10.2. The molecule has 0 aromatic heterocycles. The monoisotopic (exact) mass is 155 g/mol. The second-order valence-corrected chi connectivity index (χ2v) is 4.00. The highest BCUT2D eigenvalue weighted by atomic mass is 16.3. The Bertz CT molecular complexity index is 134. The summed E-state index contributed by atoms with van der Waals surface area (Å²) < 4.78 is 0. The highest BCUT2D eigenvalue weighted by molar-refractivity contribution is 4.94. The van der Waals surface area contributed by atoms with E-state index in [0.717, 1.165) is 25.9 Å². The lowest BCUT2D eigenvalue weighted by Crippen LogP contribution is -2.51.